The Hall–Kier alpha value is -4.21. The van der Waals surface area contributed by atoms with E-state index in [9.17, 15) is 24.0 Å². The van der Waals surface area contributed by atoms with Crippen LogP contribution >= 0.6 is 0 Å². The van der Waals surface area contributed by atoms with Gasteiger partial charge in [-0.1, -0.05) is 81.6 Å². The van der Waals surface area contributed by atoms with Gasteiger partial charge in [-0.3, -0.25) is 14.4 Å². The topological polar surface area (TPSA) is 151 Å². The molecule has 224 valence electrons. The molecule has 4 rings (SSSR count). The number of hydrogen-bond donors (Lipinski definition) is 4. The molecule has 2 atom stereocenters. The molecule has 1 saturated carbocycles. The maximum atomic E-state index is 13.5. The molecule has 42 heavy (non-hydrogen) atoms. The molecule has 0 bridgehead atoms. The Bertz CT molecular complexity index is 1270. The number of aldehydes is 1. The largest absolute Gasteiger partial charge is 0.481 e. The Morgan fingerprint density at radius 2 is 1.55 bits per heavy atom. The van der Waals surface area contributed by atoms with Crippen molar-refractivity contribution in [2.75, 3.05) is 6.61 Å². The molecular formula is C32H39N3O7. The van der Waals surface area contributed by atoms with Gasteiger partial charge in [0.2, 0.25) is 11.8 Å². The van der Waals surface area contributed by atoms with Crippen LogP contribution in [0.1, 0.15) is 75.8 Å². The molecule has 2 aliphatic carbocycles. The molecule has 0 radical (unpaired) electrons. The number of benzene rings is 2. The Morgan fingerprint density at radius 1 is 0.952 bits per heavy atom. The Labute approximate surface area is 245 Å². The van der Waals surface area contributed by atoms with E-state index in [1.807, 2.05) is 48.5 Å². The lowest BCUT2D eigenvalue weighted by Crippen LogP contribution is -2.64. The van der Waals surface area contributed by atoms with Crippen LogP contribution in [0.15, 0.2) is 48.5 Å². The van der Waals surface area contributed by atoms with Gasteiger partial charge in [0.1, 0.15) is 24.5 Å². The molecule has 2 aliphatic rings. The van der Waals surface area contributed by atoms with Gasteiger partial charge in [0.05, 0.1) is 6.04 Å². The lowest BCUT2D eigenvalue weighted by atomic mass is 9.80. The van der Waals surface area contributed by atoms with E-state index in [4.69, 9.17) is 9.84 Å². The molecule has 0 aromatic heterocycles. The molecule has 4 N–H and O–H groups in total. The van der Waals surface area contributed by atoms with E-state index in [-0.39, 0.29) is 31.3 Å². The van der Waals surface area contributed by atoms with E-state index in [1.54, 1.807) is 13.8 Å². The van der Waals surface area contributed by atoms with Crippen molar-refractivity contribution in [3.05, 3.63) is 59.7 Å². The van der Waals surface area contributed by atoms with Crippen LogP contribution in [0, 0.1) is 5.92 Å². The van der Waals surface area contributed by atoms with Crippen molar-refractivity contribution < 1.29 is 33.8 Å². The maximum Gasteiger partial charge on any atom is 0.407 e. The zero-order valence-electron chi connectivity index (χ0n) is 24.1. The van der Waals surface area contributed by atoms with Crippen molar-refractivity contribution in [2.45, 2.75) is 82.3 Å². The Morgan fingerprint density at radius 3 is 2.10 bits per heavy atom. The number of amides is 3. The molecule has 2 aromatic carbocycles. The summed E-state index contributed by atoms with van der Waals surface area (Å²) in [7, 11) is 0. The second-order valence-corrected chi connectivity index (χ2v) is 11.5. The van der Waals surface area contributed by atoms with E-state index in [0.29, 0.717) is 32.0 Å². The van der Waals surface area contributed by atoms with Crippen molar-refractivity contribution in [3.8, 4) is 11.1 Å². The van der Waals surface area contributed by atoms with E-state index < -0.39 is 41.5 Å². The van der Waals surface area contributed by atoms with Crippen molar-refractivity contribution >= 4 is 30.2 Å². The fraction of sp³-hybridized carbons (Fsp3) is 0.469. The van der Waals surface area contributed by atoms with Gasteiger partial charge < -0.3 is 30.6 Å². The van der Waals surface area contributed by atoms with Gasteiger partial charge in [-0.15, -0.1) is 0 Å². The van der Waals surface area contributed by atoms with Crippen LogP contribution < -0.4 is 16.0 Å². The zero-order chi connectivity index (χ0) is 30.3. The predicted octanol–water partition coefficient (Wildman–Crippen LogP) is 3.92. The van der Waals surface area contributed by atoms with Crippen molar-refractivity contribution in [1.29, 1.82) is 0 Å². The van der Waals surface area contributed by atoms with Crippen LogP contribution in [-0.2, 0) is 23.9 Å². The number of nitrogens with one attached hydrogen (secondary N) is 3. The number of aliphatic carboxylic acids is 1. The van der Waals surface area contributed by atoms with E-state index >= 15 is 0 Å². The first-order valence-corrected chi connectivity index (χ1v) is 14.6. The summed E-state index contributed by atoms with van der Waals surface area (Å²) in [6.07, 6.45) is 2.47. The smallest absolute Gasteiger partial charge is 0.407 e. The molecule has 3 amide bonds. The fourth-order valence-electron chi connectivity index (χ4n) is 5.94. The molecule has 10 heteroatoms. The molecule has 10 nitrogen and oxygen atoms in total. The summed E-state index contributed by atoms with van der Waals surface area (Å²) in [5.74, 6) is -2.57. The number of rotatable bonds is 12. The van der Waals surface area contributed by atoms with Crippen molar-refractivity contribution in [1.82, 2.24) is 16.0 Å². The van der Waals surface area contributed by atoms with Gasteiger partial charge in [-0.25, -0.2) is 4.79 Å². The predicted molar refractivity (Wildman–Crippen MR) is 156 cm³/mol. The minimum absolute atomic E-state index is 0.0490. The lowest BCUT2D eigenvalue weighted by Gasteiger charge is -2.38. The first-order chi connectivity index (χ1) is 20.1. The molecule has 0 aliphatic heterocycles. The zero-order valence-corrected chi connectivity index (χ0v) is 24.1. The van der Waals surface area contributed by atoms with Crippen molar-refractivity contribution in [2.24, 2.45) is 5.92 Å². The normalized spacial score (nSPS) is 16.8. The minimum Gasteiger partial charge on any atom is -0.481 e. The van der Waals surface area contributed by atoms with Crippen LogP contribution in [-0.4, -0.2) is 59.5 Å². The van der Waals surface area contributed by atoms with Gasteiger partial charge >= 0.3 is 12.1 Å². The summed E-state index contributed by atoms with van der Waals surface area (Å²) >= 11 is 0. The van der Waals surface area contributed by atoms with Crippen LogP contribution in [0.4, 0.5) is 4.79 Å². The third kappa shape index (κ3) is 6.98. The molecule has 1 unspecified atom stereocenters. The SMILES string of the molecule is CC(C)[C@H](NC(=O)OCC1c2ccccc2-c2ccccc21)C(=O)NC1(C(=O)NC(C=O)CCC(=O)O)CCCCC1. The quantitative estimate of drug-likeness (QED) is 0.279. The van der Waals surface area contributed by atoms with E-state index in [2.05, 4.69) is 16.0 Å². The molecule has 1 fully saturated rings. The van der Waals surface area contributed by atoms with E-state index in [1.165, 1.54) is 0 Å². The standard InChI is InChI=1S/C32H39N3O7/c1-20(2)28(29(39)35-32(16-8-3-9-17-32)30(40)33-21(18-36)14-15-27(37)38)34-31(41)42-19-26-24-12-6-4-10-22(24)23-11-5-7-13-25(23)26/h4-7,10-13,18,20-21,26,28H,3,8-9,14-17,19H2,1-2H3,(H,33,40)(H,34,41)(H,35,39)(H,37,38)/t21?,28-/m0/s1. The number of ether oxygens (including phenoxy) is 1. The minimum atomic E-state index is -1.27. The monoisotopic (exact) mass is 577 g/mol. The van der Waals surface area contributed by atoms with Gasteiger partial charge in [0.15, 0.2) is 0 Å². The second kappa shape index (κ2) is 13.6. The summed E-state index contributed by atoms with van der Waals surface area (Å²) in [5.41, 5.74) is 3.10. The number of hydrogen-bond acceptors (Lipinski definition) is 6. The Balaban J connectivity index is 1.42. The summed E-state index contributed by atoms with van der Waals surface area (Å²) < 4.78 is 5.65. The highest BCUT2D eigenvalue weighted by atomic mass is 16.5. The highest BCUT2D eigenvalue weighted by molar-refractivity contribution is 5.95. The first-order valence-electron chi connectivity index (χ1n) is 14.6. The van der Waals surface area contributed by atoms with Gasteiger partial charge in [0.25, 0.3) is 0 Å². The highest BCUT2D eigenvalue weighted by Gasteiger charge is 2.43. The summed E-state index contributed by atoms with van der Waals surface area (Å²) in [6, 6.07) is 14.1. The van der Waals surface area contributed by atoms with Crippen LogP contribution in [0.25, 0.3) is 11.1 Å². The number of carbonyl (C=O) groups excluding carboxylic acids is 4. The number of carboxylic acids is 1. The number of carboxylic acid groups (broad SMARTS) is 1. The van der Waals surface area contributed by atoms with Gasteiger partial charge in [0, 0.05) is 12.3 Å². The van der Waals surface area contributed by atoms with Crippen molar-refractivity contribution in [3.63, 3.8) is 0 Å². The number of fused-ring (bicyclic) bond motifs is 3. The van der Waals surface area contributed by atoms with Crippen LogP contribution in [0.2, 0.25) is 0 Å². The molecule has 2 aromatic rings. The average Bonchev–Trinajstić information content (AvgIpc) is 3.30. The molecular weight excluding hydrogens is 538 g/mol. The van der Waals surface area contributed by atoms with Crippen LogP contribution in [0.5, 0.6) is 0 Å². The fourth-order valence-corrected chi connectivity index (χ4v) is 5.94. The summed E-state index contributed by atoms with van der Waals surface area (Å²) in [6.45, 7) is 3.67. The molecule has 0 spiro atoms. The van der Waals surface area contributed by atoms with Gasteiger partial charge in [-0.2, -0.15) is 0 Å². The van der Waals surface area contributed by atoms with Gasteiger partial charge in [-0.05, 0) is 47.4 Å². The number of carbonyl (C=O) groups is 5. The van der Waals surface area contributed by atoms with E-state index in [0.717, 1.165) is 28.7 Å². The second-order valence-electron chi connectivity index (χ2n) is 11.5. The highest BCUT2D eigenvalue weighted by Crippen LogP contribution is 2.44. The lowest BCUT2D eigenvalue weighted by molar-refractivity contribution is -0.138. The average molecular weight is 578 g/mol. The number of alkyl carbamates (subject to hydrolysis) is 1. The molecule has 0 saturated heterocycles. The molecule has 0 heterocycles. The first kappa shape index (κ1) is 30.7. The van der Waals surface area contributed by atoms with Crippen LogP contribution in [0.3, 0.4) is 0 Å². The summed E-state index contributed by atoms with van der Waals surface area (Å²) in [5, 5.41) is 17.1. The maximum absolute atomic E-state index is 13.5. The third-order valence-corrected chi connectivity index (χ3v) is 8.22. The Kier molecular flexibility index (Phi) is 9.98. The summed E-state index contributed by atoms with van der Waals surface area (Å²) in [4.78, 5) is 62.4. The third-order valence-electron chi connectivity index (χ3n) is 8.22.